The summed E-state index contributed by atoms with van der Waals surface area (Å²) < 4.78 is 62.9. The minimum absolute atomic E-state index is 0.208. The minimum atomic E-state index is -4.77. The summed E-state index contributed by atoms with van der Waals surface area (Å²) in [6.07, 6.45) is 0.0530. The first-order valence-electron chi connectivity index (χ1n) is 11.0. The average Bonchev–Trinajstić information content (AvgIpc) is 3.50. The van der Waals surface area contributed by atoms with Crippen LogP contribution in [0, 0.1) is 5.82 Å². The van der Waals surface area contributed by atoms with Gasteiger partial charge in [-0.05, 0) is 62.3 Å². The van der Waals surface area contributed by atoms with E-state index in [2.05, 4.69) is 24.9 Å². The van der Waals surface area contributed by atoms with Crippen LogP contribution in [0.15, 0.2) is 65.5 Å². The maximum atomic E-state index is 14.7. The van der Waals surface area contributed by atoms with Crippen LogP contribution >= 0.6 is 0 Å². The summed E-state index contributed by atoms with van der Waals surface area (Å²) in [5.74, 6) is 0.123. The predicted octanol–water partition coefficient (Wildman–Crippen LogP) is 5.34. The highest BCUT2D eigenvalue weighted by Gasteiger charge is 2.31. The zero-order chi connectivity index (χ0) is 24.4. The molecule has 1 saturated heterocycles. The van der Waals surface area contributed by atoms with Crippen LogP contribution in [-0.2, 0) is 6.54 Å². The number of ether oxygens (including phenoxy) is 1. The van der Waals surface area contributed by atoms with E-state index in [-0.39, 0.29) is 11.7 Å². The Bertz CT molecular complexity index is 1260. The van der Waals surface area contributed by atoms with Crippen molar-refractivity contribution < 1.29 is 26.7 Å². The minimum Gasteiger partial charge on any atom is -0.428 e. The van der Waals surface area contributed by atoms with Gasteiger partial charge in [-0.15, -0.1) is 23.4 Å². The molecule has 0 N–H and O–H groups in total. The van der Waals surface area contributed by atoms with E-state index in [4.69, 9.17) is 4.42 Å². The van der Waals surface area contributed by atoms with Crippen LogP contribution in [0.25, 0.3) is 16.9 Å². The molecule has 11 heteroatoms. The van der Waals surface area contributed by atoms with Crippen molar-refractivity contribution in [3.63, 3.8) is 0 Å². The zero-order valence-electron chi connectivity index (χ0n) is 18.5. The van der Waals surface area contributed by atoms with Crippen molar-refractivity contribution in [2.24, 2.45) is 0 Å². The van der Waals surface area contributed by atoms with Gasteiger partial charge in [0.2, 0.25) is 12.3 Å². The first kappa shape index (κ1) is 23.0. The lowest BCUT2D eigenvalue weighted by Crippen LogP contribution is -2.32. The summed E-state index contributed by atoms with van der Waals surface area (Å²) in [5.41, 5.74) is 2.18. The van der Waals surface area contributed by atoms with Crippen LogP contribution in [0.3, 0.4) is 0 Å². The molecule has 1 fully saturated rings. The highest BCUT2D eigenvalue weighted by molar-refractivity contribution is 5.64. The van der Waals surface area contributed by atoms with Gasteiger partial charge in [0, 0.05) is 29.8 Å². The van der Waals surface area contributed by atoms with Crippen LogP contribution in [-0.4, -0.2) is 44.3 Å². The molecule has 5 rings (SSSR count). The number of alkyl halides is 3. The Morgan fingerprint density at radius 1 is 1.03 bits per heavy atom. The summed E-state index contributed by atoms with van der Waals surface area (Å²) in [6.45, 7) is 2.12. The van der Waals surface area contributed by atoms with E-state index < -0.39 is 12.2 Å². The van der Waals surface area contributed by atoms with E-state index in [9.17, 15) is 17.6 Å². The molecule has 3 heterocycles. The molecule has 0 saturated carbocycles. The number of hydrogen-bond donors (Lipinski definition) is 0. The second kappa shape index (κ2) is 9.49. The molecule has 35 heavy (non-hydrogen) atoms. The number of aromatic nitrogens is 4. The SMILES string of the molecule is Fc1ccccc1-c1nn(-c2ccc(OC(F)(F)F)cc2)cc1CN1CCC(c2nnco2)CC1. The first-order valence-corrected chi connectivity index (χ1v) is 11.0. The second-order valence-electron chi connectivity index (χ2n) is 8.30. The van der Waals surface area contributed by atoms with E-state index in [0.29, 0.717) is 29.4 Å². The number of likely N-dealkylation sites (tertiary alicyclic amines) is 1. The molecule has 0 bridgehead atoms. The topological polar surface area (TPSA) is 69.2 Å². The third-order valence-electron chi connectivity index (χ3n) is 5.96. The average molecular weight is 487 g/mol. The van der Waals surface area contributed by atoms with Crippen molar-refractivity contribution >= 4 is 0 Å². The van der Waals surface area contributed by atoms with Crippen molar-refractivity contribution in [3.8, 4) is 22.7 Å². The molecule has 7 nitrogen and oxygen atoms in total. The Hall–Kier alpha value is -3.73. The lowest BCUT2D eigenvalue weighted by molar-refractivity contribution is -0.274. The maximum absolute atomic E-state index is 14.7. The van der Waals surface area contributed by atoms with Crippen molar-refractivity contribution in [2.45, 2.75) is 31.7 Å². The number of nitrogens with zero attached hydrogens (tertiary/aromatic N) is 5. The Labute approximate surface area is 197 Å². The molecule has 0 radical (unpaired) electrons. The quantitative estimate of drug-likeness (QED) is 0.342. The van der Waals surface area contributed by atoms with Crippen LogP contribution < -0.4 is 4.74 Å². The van der Waals surface area contributed by atoms with Gasteiger partial charge in [0.15, 0.2) is 0 Å². The molecule has 1 aliphatic heterocycles. The largest absolute Gasteiger partial charge is 0.573 e. The Balaban J connectivity index is 1.39. The van der Waals surface area contributed by atoms with E-state index in [1.54, 1.807) is 29.1 Å². The monoisotopic (exact) mass is 487 g/mol. The fraction of sp³-hybridized carbons (Fsp3) is 0.292. The van der Waals surface area contributed by atoms with Gasteiger partial charge in [0.25, 0.3) is 0 Å². The molecule has 1 aliphatic rings. The number of benzene rings is 2. The molecular formula is C24H21F4N5O2. The van der Waals surface area contributed by atoms with Gasteiger partial charge >= 0.3 is 6.36 Å². The lowest BCUT2D eigenvalue weighted by atomic mass is 9.96. The van der Waals surface area contributed by atoms with E-state index >= 15 is 0 Å². The van der Waals surface area contributed by atoms with Gasteiger partial charge in [-0.2, -0.15) is 5.10 Å². The summed E-state index contributed by atoms with van der Waals surface area (Å²) in [4.78, 5) is 2.25. The highest BCUT2D eigenvalue weighted by Crippen LogP contribution is 2.31. The van der Waals surface area contributed by atoms with Crippen LogP contribution in [0.1, 0.15) is 30.2 Å². The summed E-state index contributed by atoms with van der Waals surface area (Å²) in [5, 5.41) is 12.4. The van der Waals surface area contributed by atoms with E-state index in [0.717, 1.165) is 31.5 Å². The highest BCUT2D eigenvalue weighted by atomic mass is 19.4. The van der Waals surface area contributed by atoms with E-state index in [1.807, 2.05) is 0 Å². The van der Waals surface area contributed by atoms with Crippen molar-refractivity contribution in [3.05, 3.63) is 78.4 Å². The molecule has 0 aliphatic carbocycles. The Morgan fingerprint density at radius 2 is 1.77 bits per heavy atom. The van der Waals surface area contributed by atoms with Gasteiger partial charge in [0.05, 0.1) is 5.69 Å². The number of hydrogen-bond acceptors (Lipinski definition) is 6. The van der Waals surface area contributed by atoms with Crippen LogP contribution in [0.2, 0.25) is 0 Å². The fourth-order valence-corrected chi connectivity index (χ4v) is 4.28. The standard InChI is InChI=1S/C24H21F4N5O2/c25-21-4-2-1-3-20(21)22-17(13-32-11-9-16(10-12-32)23-30-29-15-34-23)14-33(31-22)18-5-7-19(8-6-18)35-24(26,27)28/h1-8,14-16H,9-13H2. The van der Waals surface area contributed by atoms with Crippen molar-refractivity contribution in [2.75, 3.05) is 13.1 Å². The van der Waals surface area contributed by atoms with E-state index in [1.165, 1.54) is 36.7 Å². The van der Waals surface area contributed by atoms with Gasteiger partial charge in [-0.25, -0.2) is 9.07 Å². The third kappa shape index (κ3) is 5.35. The van der Waals surface area contributed by atoms with Crippen molar-refractivity contribution in [1.29, 1.82) is 0 Å². The fourth-order valence-electron chi connectivity index (χ4n) is 4.28. The molecule has 4 aromatic rings. The van der Waals surface area contributed by atoms with Crippen LogP contribution in [0.4, 0.5) is 17.6 Å². The maximum Gasteiger partial charge on any atom is 0.573 e. The number of rotatable bonds is 6. The molecule has 0 unspecified atom stereocenters. The Morgan fingerprint density at radius 3 is 2.43 bits per heavy atom. The molecule has 182 valence electrons. The van der Waals surface area contributed by atoms with Gasteiger partial charge in [0.1, 0.15) is 17.3 Å². The second-order valence-corrected chi connectivity index (χ2v) is 8.30. The number of halogens is 4. The molecule has 2 aromatic carbocycles. The Kier molecular flexibility index (Phi) is 6.25. The summed E-state index contributed by atoms with van der Waals surface area (Å²) in [6, 6.07) is 11.8. The first-order chi connectivity index (χ1) is 16.9. The molecular weight excluding hydrogens is 466 g/mol. The molecule has 0 spiro atoms. The third-order valence-corrected chi connectivity index (χ3v) is 5.96. The molecule has 0 atom stereocenters. The lowest BCUT2D eigenvalue weighted by Gasteiger charge is -2.30. The summed E-state index contributed by atoms with van der Waals surface area (Å²) >= 11 is 0. The number of piperidine rings is 1. The van der Waals surface area contributed by atoms with Crippen LogP contribution in [0.5, 0.6) is 5.75 Å². The normalized spacial score (nSPS) is 15.4. The molecule has 2 aromatic heterocycles. The van der Waals surface area contributed by atoms with Crippen molar-refractivity contribution in [1.82, 2.24) is 24.9 Å². The smallest absolute Gasteiger partial charge is 0.428 e. The van der Waals surface area contributed by atoms with Gasteiger partial charge in [-0.3, -0.25) is 4.90 Å². The predicted molar refractivity (Wildman–Crippen MR) is 117 cm³/mol. The van der Waals surface area contributed by atoms with Gasteiger partial charge in [-0.1, -0.05) is 12.1 Å². The molecule has 0 amide bonds. The van der Waals surface area contributed by atoms with Gasteiger partial charge < -0.3 is 9.15 Å². The summed E-state index contributed by atoms with van der Waals surface area (Å²) in [7, 11) is 0. The zero-order valence-corrected chi connectivity index (χ0v) is 18.5.